The second kappa shape index (κ2) is 7.22. The van der Waals surface area contributed by atoms with Crippen LogP contribution in [0.5, 0.6) is 0 Å². The van der Waals surface area contributed by atoms with Crippen LogP contribution in [0.25, 0.3) is 0 Å². The summed E-state index contributed by atoms with van der Waals surface area (Å²) >= 11 is 0. The second-order valence-electron chi connectivity index (χ2n) is 6.02. The quantitative estimate of drug-likeness (QED) is 0.732. The maximum absolute atomic E-state index is 11.4. The number of morpholine rings is 1. The third-order valence-electron chi connectivity index (χ3n) is 3.56. The van der Waals surface area contributed by atoms with Gasteiger partial charge in [0.15, 0.2) is 0 Å². The monoisotopic (exact) mass is 272 g/mol. The summed E-state index contributed by atoms with van der Waals surface area (Å²) in [4.78, 5) is 13.7. The highest BCUT2D eigenvalue weighted by atomic mass is 16.5. The Morgan fingerprint density at radius 1 is 1.58 bits per heavy atom. The number of nitrogens with zero attached hydrogens (tertiary/aromatic N) is 1. The summed E-state index contributed by atoms with van der Waals surface area (Å²) in [6.45, 7) is 11.4. The molecule has 19 heavy (non-hydrogen) atoms. The molecule has 5 nitrogen and oxygen atoms in total. The van der Waals surface area contributed by atoms with Crippen LogP contribution in [-0.4, -0.2) is 59.9 Å². The van der Waals surface area contributed by atoms with Crippen LogP contribution in [0.1, 0.15) is 40.5 Å². The maximum Gasteiger partial charge on any atom is 0.323 e. The van der Waals surface area contributed by atoms with Crippen molar-refractivity contribution in [2.45, 2.75) is 58.2 Å². The smallest absolute Gasteiger partial charge is 0.323 e. The topological polar surface area (TPSA) is 61.8 Å². The molecule has 0 aromatic heterocycles. The molecule has 2 atom stereocenters. The maximum atomic E-state index is 11.4. The molecule has 0 amide bonds. The lowest BCUT2D eigenvalue weighted by atomic mass is 9.94. The Balaban J connectivity index is 2.37. The van der Waals surface area contributed by atoms with Gasteiger partial charge in [0, 0.05) is 19.1 Å². The Hall–Kier alpha value is -0.650. The van der Waals surface area contributed by atoms with Crippen LogP contribution in [0.4, 0.5) is 0 Å². The van der Waals surface area contributed by atoms with Gasteiger partial charge in [-0.15, -0.1) is 0 Å². The van der Waals surface area contributed by atoms with Crippen LogP contribution < -0.4 is 5.32 Å². The summed E-state index contributed by atoms with van der Waals surface area (Å²) in [5, 5.41) is 12.5. The minimum Gasteiger partial charge on any atom is -0.480 e. The molecule has 1 saturated heterocycles. The SMILES string of the molecule is CC(C)NC(C)(CCCN1CCOC(C)C1)C(=O)O. The number of hydrogen-bond acceptors (Lipinski definition) is 4. The lowest BCUT2D eigenvalue weighted by Crippen LogP contribution is -2.52. The summed E-state index contributed by atoms with van der Waals surface area (Å²) in [5.41, 5.74) is -0.827. The molecule has 0 saturated carbocycles. The van der Waals surface area contributed by atoms with E-state index in [2.05, 4.69) is 17.1 Å². The largest absolute Gasteiger partial charge is 0.480 e. The van der Waals surface area contributed by atoms with Gasteiger partial charge >= 0.3 is 5.97 Å². The highest BCUT2D eigenvalue weighted by Crippen LogP contribution is 2.15. The first-order valence-corrected chi connectivity index (χ1v) is 7.18. The Morgan fingerprint density at radius 3 is 2.79 bits per heavy atom. The number of carbonyl (C=O) groups is 1. The fourth-order valence-corrected chi connectivity index (χ4v) is 2.63. The van der Waals surface area contributed by atoms with Crippen molar-refractivity contribution in [1.82, 2.24) is 10.2 Å². The molecule has 0 radical (unpaired) electrons. The van der Waals surface area contributed by atoms with Crippen molar-refractivity contribution in [3.8, 4) is 0 Å². The third kappa shape index (κ3) is 5.47. The van der Waals surface area contributed by atoms with E-state index in [4.69, 9.17) is 4.74 Å². The zero-order chi connectivity index (χ0) is 14.5. The molecule has 112 valence electrons. The van der Waals surface area contributed by atoms with Crippen LogP contribution in [0.15, 0.2) is 0 Å². The van der Waals surface area contributed by atoms with Gasteiger partial charge in [-0.2, -0.15) is 0 Å². The van der Waals surface area contributed by atoms with Gasteiger partial charge in [0.2, 0.25) is 0 Å². The molecule has 1 aliphatic rings. The van der Waals surface area contributed by atoms with E-state index in [-0.39, 0.29) is 12.1 Å². The summed E-state index contributed by atoms with van der Waals surface area (Å²) in [7, 11) is 0. The zero-order valence-corrected chi connectivity index (χ0v) is 12.6. The number of nitrogens with one attached hydrogen (secondary N) is 1. The minimum absolute atomic E-state index is 0.171. The number of rotatable bonds is 7. The van der Waals surface area contributed by atoms with Crippen molar-refractivity contribution < 1.29 is 14.6 Å². The fraction of sp³-hybridized carbons (Fsp3) is 0.929. The van der Waals surface area contributed by atoms with Crippen molar-refractivity contribution in [1.29, 1.82) is 0 Å². The first kappa shape index (κ1) is 16.4. The van der Waals surface area contributed by atoms with E-state index >= 15 is 0 Å². The lowest BCUT2D eigenvalue weighted by molar-refractivity contribution is -0.144. The van der Waals surface area contributed by atoms with Gasteiger partial charge < -0.3 is 9.84 Å². The Bertz CT molecular complexity index is 296. The van der Waals surface area contributed by atoms with E-state index in [1.807, 2.05) is 13.8 Å². The van der Waals surface area contributed by atoms with Crippen LogP contribution in [0.2, 0.25) is 0 Å². The molecule has 5 heteroatoms. The van der Waals surface area contributed by atoms with Gasteiger partial charge in [-0.05, 0) is 47.1 Å². The van der Waals surface area contributed by atoms with Crippen molar-refractivity contribution in [2.24, 2.45) is 0 Å². The van der Waals surface area contributed by atoms with Crippen LogP contribution >= 0.6 is 0 Å². The fourth-order valence-electron chi connectivity index (χ4n) is 2.63. The predicted octanol–water partition coefficient (Wildman–Crippen LogP) is 1.33. The zero-order valence-electron chi connectivity index (χ0n) is 12.6. The first-order chi connectivity index (χ1) is 8.83. The molecule has 1 rings (SSSR count). The summed E-state index contributed by atoms with van der Waals surface area (Å²) in [6, 6.07) is 0.171. The molecule has 1 aliphatic heterocycles. The van der Waals surface area contributed by atoms with Gasteiger partial charge in [0.05, 0.1) is 12.7 Å². The Morgan fingerprint density at radius 2 is 2.26 bits per heavy atom. The number of carboxylic acids is 1. The highest BCUT2D eigenvalue weighted by molar-refractivity contribution is 5.78. The second-order valence-corrected chi connectivity index (χ2v) is 6.02. The molecule has 0 aromatic carbocycles. The first-order valence-electron chi connectivity index (χ1n) is 7.18. The number of hydrogen-bond donors (Lipinski definition) is 2. The van der Waals surface area contributed by atoms with Gasteiger partial charge in [0.25, 0.3) is 0 Å². The summed E-state index contributed by atoms with van der Waals surface area (Å²) in [5.74, 6) is -0.767. The standard InChI is InChI=1S/C14H28N2O3/c1-11(2)15-14(4,13(17)18)6-5-7-16-8-9-19-12(3)10-16/h11-12,15H,5-10H2,1-4H3,(H,17,18). The minimum atomic E-state index is -0.827. The van der Waals surface area contributed by atoms with Gasteiger partial charge in [-0.1, -0.05) is 0 Å². The molecule has 0 bridgehead atoms. The molecule has 2 N–H and O–H groups in total. The normalized spacial score (nSPS) is 24.4. The molecule has 1 heterocycles. The van der Waals surface area contributed by atoms with Crippen molar-refractivity contribution in [3.63, 3.8) is 0 Å². The molecule has 0 aliphatic carbocycles. The van der Waals surface area contributed by atoms with E-state index < -0.39 is 11.5 Å². The van der Waals surface area contributed by atoms with Crippen LogP contribution in [0.3, 0.4) is 0 Å². The highest BCUT2D eigenvalue weighted by Gasteiger charge is 2.33. The van der Waals surface area contributed by atoms with E-state index in [0.29, 0.717) is 6.42 Å². The predicted molar refractivity (Wildman–Crippen MR) is 75.4 cm³/mol. The lowest BCUT2D eigenvalue weighted by Gasteiger charge is -2.33. The van der Waals surface area contributed by atoms with E-state index in [1.54, 1.807) is 6.92 Å². The number of carboxylic acid groups (broad SMARTS) is 1. The van der Waals surface area contributed by atoms with Gasteiger partial charge in [0.1, 0.15) is 5.54 Å². The van der Waals surface area contributed by atoms with Crippen molar-refractivity contribution in [3.05, 3.63) is 0 Å². The molecule has 0 aromatic rings. The van der Waals surface area contributed by atoms with Gasteiger partial charge in [-0.3, -0.25) is 15.0 Å². The van der Waals surface area contributed by atoms with Crippen molar-refractivity contribution in [2.75, 3.05) is 26.2 Å². The van der Waals surface area contributed by atoms with Gasteiger partial charge in [-0.25, -0.2) is 0 Å². The average Bonchev–Trinajstić information content (AvgIpc) is 2.27. The van der Waals surface area contributed by atoms with E-state index in [1.165, 1.54) is 0 Å². The number of ether oxygens (including phenoxy) is 1. The molecular weight excluding hydrogens is 244 g/mol. The third-order valence-corrected chi connectivity index (χ3v) is 3.56. The molecule has 1 fully saturated rings. The summed E-state index contributed by atoms with van der Waals surface area (Å²) < 4.78 is 5.50. The van der Waals surface area contributed by atoms with Crippen LogP contribution in [0, 0.1) is 0 Å². The average molecular weight is 272 g/mol. The summed E-state index contributed by atoms with van der Waals surface area (Å²) in [6.07, 6.45) is 1.81. The Labute approximate surface area is 116 Å². The van der Waals surface area contributed by atoms with Crippen LogP contribution in [-0.2, 0) is 9.53 Å². The molecular formula is C14H28N2O3. The van der Waals surface area contributed by atoms with E-state index in [9.17, 15) is 9.90 Å². The Kier molecular flexibility index (Phi) is 6.23. The van der Waals surface area contributed by atoms with Crippen molar-refractivity contribution >= 4 is 5.97 Å². The number of aliphatic carboxylic acids is 1. The molecule has 0 spiro atoms. The van der Waals surface area contributed by atoms with E-state index in [0.717, 1.165) is 32.7 Å². The molecule has 2 unspecified atom stereocenters.